The third kappa shape index (κ3) is 12.6. The van der Waals surface area contributed by atoms with Crippen LogP contribution in [0.4, 0.5) is 0 Å². The van der Waals surface area contributed by atoms with E-state index in [9.17, 15) is 9.59 Å². The number of ether oxygens (including phenoxy) is 1. The number of esters is 1. The molecule has 0 aliphatic rings. The number of likely N-dealkylation sites (N-methyl/N-ethyl adjacent to an activating group) is 1. The van der Waals surface area contributed by atoms with Crippen LogP contribution in [0.3, 0.4) is 0 Å². The molecule has 0 atom stereocenters. The molecule has 1 aromatic rings. The van der Waals surface area contributed by atoms with Gasteiger partial charge < -0.3 is 10.5 Å². The van der Waals surface area contributed by atoms with Crippen LogP contribution in [0.5, 0.6) is 0 Å². The molecule has 2 N–H and O–H groups in total. The number of carbonyl (C=O) groups is 2. The topological polar surface area (TPSA) is 72.6 Å². The number of nitrogens with two attached hydrogens (primary N) is 1. The molecule has 0 unspecified atom stereocenters. The highest BCUT2D eigenvalue weighted by atomic mass is 16.5. The molecule has 116 valence electrons. The van der Waals surface area contributed by atoms with E-state index < -0.39 is 5.91 Å². The monoisotopic (exact) mass is 292 g/mol. The minimum absolute atomic E-state index is 0.146. The van der Waals surface area contributed by atoms with Gasteiger partial charge in [-0.15, -0.1) is 0 Å². The van der Waals surface area contributed by atoms with Gasteiger partial charge in [-0.3, -0.25) is 14.5 Å². The highest BCUT2D eigenvalue weighted by molar-refractivity contribution is 5.90. The van der Waals surface area contributed by atoms with Crippen molar-refractivity contribution in [2.24, 2.45) is 5.73 Å². The summed E-state index contributed by atoms with van der Waals surface area (Å²) in [4.78, 5) is 22.8. The summed E-state index contributed by atoms with van der Waals surface area (Å²) in [5.74, 6) is -0.569. The van der Waals surface area contributed by atoms with E-state index in [1.54, 1.807) is 11.0 Å². The Morgan fingerprint density at radius 2 is 1.86 bits per heavy atom. The summed E-state index contributed by atoms with van der Waals surface area (Å²) in [6, 6.07) is 9.53. The number of primary amides is 1. The summed E-state index contributed by atoms with van der Waals surface area (Å²) < 4.78 is 4.82. The maximum atomic E-state index is 10.7. The van der Waals surface area contributed by atoms with Crippen LogP contribution in [0.15, 0.2) is 36.4 Å². The van der Waals surface area contributed by atoms with Crippen molar-refractivity contribution in [2.45, 2.75) is 13.3 Å². The van der Waals surface area contributed by atoms with E-state index in [4.69, 9.17) is 10.5 Å². The molecule has 0 saturated carbocycles. The zero-order valence-corrected chi connectivity index (χ0v) is 12.9. The first-order chi connectivity index (χ1) is 9.95. The second-order valence-corrected chi connectivity index (χ2v) is 4.60. The molecule has 1 aromatic carbocycles. The summed E-state index contributed by atoms with van der Waals surface area (Å²) in [5, 5.41) is 0. The number of carbonyl (C=O) groups excluding carboxylic acids is 2. The second-order valence-electron chi connectivity index (χ2n) is 4.60. The molecule has 0 aliphatic carbocycles. The highest BCUT2D eigenvalue weighted by Crippen LogP contribution is 1.99. The minimum atomic E-state index is -0.422. The molecule has 0 spiro atoms. The lowest BCUT2D eigenvalue weighted by Crippen LogP contribution is -2.23. The Kier molecular flexibility index (Phi) is 10.5. The summed E-state index contributed by atoms with van der Waals surface area (Å²) >= 11 is 0. The van der Waals surface area contributed by atoms with Crippen LogP contribution in [-0.4, -0.2) is 44.0 Å². The van der Waals surface area contributed by atoms with E-state index in [1.165, 1.54) is 6.08 Å². The van der Waals surface area contributed by atoms with E-state index in [0.717, 1.165) is 12.0 Å². The normalized spacial score (nSPS) is 10.1. The smallest absolute Gasteiger partial charge is 0.320 e. The fourth-order valence-electron chi connectivity index (χ4n) is 1.26. The lowest BCUT2D eigenvalue weighted by Gasteiger charge is -2.07. The van der Waals surface area contributed by atoms with Crippen molar-refractivity contribution >= 4 is 18.0 Å². The van der Waals surface area contributed by atoms with Gasteiger partial charge in [0.15, 0.2) is 0 Å². The van der Waals surface area contributed by atoms with Gasteiger partial charge in [0.1, 0.15) is 0 Å². The Hall–Kier alpha value is -2.14. The van der Waals surface area contributed by atoms with Crippen LogP contribution in [0.25, 0.3) is 6.08 Å². The fraction of sp³-hybridized carbons (Fsp3) is 0.375. The van der Waals surface area contributed by atoms with Crippen molar-refractivity contribution in [3.8, 4) is 0 Å². The Bertz CT molecular complexity index is 442. The van der Waals surface area contributed by atoms with Crippen LogP contribution in [0.1, 0.15) is 18.9 Å². The molecule has 5 nitrogen and oxygen atoms in total. The van der Waals surface area contributed by atoms with Crippen LogP contribution in [0, 0.1) is 0 Å². The minimum Gasteiger partial charge on any atom is -0.465 e. The molecule has 0 heterocycles. The lowest BCUT2D eigenvalue weighted by atomic mass is 10.2. The van der Waals surface area contributed by atoms with E-state index in [-0.39, 0.29) is 5.97 Å². The van der Waals surface area contributed by atoms with Gasteiger partial charge in [-0.05, 0) is 32.2 Å². The second kappa shape index (κ2) is 11.7. The Morgan fingerprint density at radius 1 is 1.24 bits per heavy atom. The third-order valence-electron chi connectivity index (χ3n) is 2.15. The quantitative estimate of drug-likeness (QED) is 0.639. The van der Waals surface area contributed by atoms with Crippen molar-refractivity contribution < 1.29 is 14.3 Å². The SMILES string of the molecule is CCCOC(=O)CN(C)C.NC(=O)C=Cc1ccccc1. The van der Waals surface area contributed by atoms with Crippen LogP contribution >= 0.6 is 0 Å². The fourth-order valence-corrected chi connectivity index (χ4v) is 1.26. The molecular weight excluding hydrogens is 268 g/mol. The van der Waals surface area contributed by atoms with Gasteiger partial charge in [0.2, 0.25) is 5.91 Å². The average Bonchev–Trinajstić information content (AvgIpc) is 2.44. The molecule has 1 rings (SSSR count). The Balaban J connectivity index is 0.000000384. The molecule has 0 aliphatic heterocycles. The van der Waals surface area contributed by atoms with Gasteiger partial charge in [-0.25, -0.2) is 0 Å². The van der Waals surface area contributed by atoms with Gasteiger partial charge in [-0.1, -0.05) is 37.3 Å². The first kappa shape index (κ1) is 18.9. The standard InChI is InChI=1S/C9H9NO.C7H15NO2/c10-9(11)7-6-8-4-2-1-3-5-8;1-4-5-10-7(9)6-8(2)3/h1-7H,(H2,10,11);4-6H2,1-3H3. The molecule has 0 fully saturated rings. The Morgan fingerprint density at radius 3 is 2.33 bits per heavy atom. The highest BCUT2D eigenvalue weighted by Gasteiger charge is 2.01. The Labute approximate surface area is 126 Å². The summed E-state index contributed by atoms with van der Waals surface area (Å²) in [5.41, 5.74) is 5.89. The molecule has 0 saturated heterocycles. The molecule has 0 radical (unpaired) electrons. The van der Waals surface area contributed by atoms with Crippen LogP contribution in [-0.2, 0) is 14.3 Å². The van der Waals surface area contributed by atoms with Gasteiger partial charge in [0, 0.05) is 6.08 Å². The molecule has 5 heteroatoms. The maximum Gasteiger partial charge on any atom is 0.320 e. The number of benzene rings is 1. The molecule has 1 amide bonds. The van der Waals surface area contributed by atoms with E-state index in [2.05, 4.69) is 0 Å². The van der Waals surface area contributed by atoms with Gasteiger partial charge in [0.25, 0.3) is 0 Å². The van der Waals surface area contributed by atoms with Crippen molar-refractivity contribution in [1.29, 1.82) is 0 Å². The number of rotatable bonds is 6. The molecule has 0 bridgehead atoms. The molecular formula is C16H24N2O3. The number of amides is 1. The van der Waals surface area contributed by atoms with Crippen LogP contribution < -0.4 is 5.73 Å². The van der Waals surface area contributed by atoms with Gasteiger partial charge in [-0.2, -0.15) is 0 Å². The zero-order chi connectivity index (χ0) is 16.1. The maximum absolute atomic E-state index is 10.7. The summed E-state index contributed by atoms with van der Waals surface area (Å²) in [7, 11) is 3.68. The van der Waals surface area contributed by atoms with Crippen molar-refractivity contribution in [1.82, 2.24) is 4.90 Å². The van der Waals surface area contributed by atoms with E-state index in [0.29, 0.717) is 13.2 Å². The lowest BCUT2D eigenvalue weighted by molar-refractivity contribution is -0.144. The predicted molar refractivity (Wildman–Crippen MR) is 84.5 cm³/mol. The number of hydrogen-bond acceptors (Lipinski definition) is 4. The van der Waals surface area contributed by atoms with E-state index in [1.807, 2.05) is 51.4 Å². The van der Waals surface area contributed by atoms with Crippen molar-refractivity contribution in [2.75, 3.05) is 27.2 Å². The van der Waals surface area contributed by atoms with Crippen molar-refractivity contribution in [3.05, 3.63) is 42.0 Å². The average molecular weight is 292 g/mol. The zero-order valence-electron chi connectivity index (χ0n) is 12.9. The molecule has 21 heavy (non-hydrogen) atoms. The first-order valence-corrected chi connectivity index (χ1v) is 6.78. The van der Waals surface area contributed by atoms with Gasteiger partial charge in [0.05, 0.1) is 13.2 Å². The van der Waals surface area contributed by atoms with Crippen LogP contribution in [0.2, 0.25) is 0 Å². The van der Waals surface area contributed by atoms with E-state index >= 15 is 0 Å². The third-order valence-corrected chi connectivity index (χ3v) is 2.15. The first-order valence-electron chi connectivity index (χ1n) is 6.78. The predicted octanol–water partition coefficient (Wildman–Crippen LogP) is 1.69. The molecule has 0 aromatic heterocycles. The summed E-state index contributed by atoms with van der Waals surface area (Å²) in [6.07, 6.45) is 3.91. The van der Waals surface area contributed by atoms with Gasteiger partial charge >= 0.3 is 5.97 Å². The number of hydrogen-bond donors (Lipinski definition) is 1. The largest absolute Gasteiger partial charge is 0.465 e. The number of nitrogens with zero attached hydrogens (tertiary/aromatic N) is 1. The summed E-state index contributed by atoms with van der Waals surface area (Å²) in [6.45, 7) is 2.88. The van der Waals surface area contributed by atoms with Crippen molar-refractivity contribution in [3.63, 3.8) is 0 Å².